The van der Waals surface area contributed by atoms with Crippen LogP contribution in [0.25, 0.3) is 0 Å². The van der Waals surface area contributed by atoms with Crippen molar-refractivity contribution in [2.75, 3.05) is 23.7 Å². The number of nitrogens with zero attached hydrogens (tertiary/aromatic N) is 1. The van der Waals surface area contributed by atoms with Crippen molar-refractivity contribution >= 4 is 11.4 Å². The van der Waals surface area contributed by atoms with E-state index in [-0.39, 0.29) is 0 Å². The van der Waals surface area contributed by atoms with Crippen LogP contribution in [0.1, 0.15) is 44.6 Å². The molecule has 1 fully saturated rings. The fraction of sp³-hybridized carbons (Fsp3) is 0.625. The van der Waals surface area contributed by atoms with Crippen molar-refractivity contribution in [2.45, 2.75) is 46.0 Å². The van der Waals surface area contributed by atoms with E-state index in [2.05, 4.69) is 36.9 Å². The average molecular weight is 246 g/mol. The molecule has 2 N–H and O–H groups in total. The molecule has 2 heteroatoms. The van der Waals surface area contributed by atoms with Gasteiger partial charge in [0.2, 0.25) is 0 Å². The van der Waals surface area contributed by atoms with Crippen LogP contribution in [0.15, 0.2) is 18.2 Å². The summed E-state index contributed by atoms with van der Waals surface area (Å²) in [5, 5.41) is 0. The Morgan fingerprint density at radius 1 is 1.28 bits per heavy atom. The molecule has 1 atom stereocenters. The lowest BCUT2D eigenvalue weighted by atomic mass is 9.96. The first-order valence-electron chi connectivity index (χ1n) is 7.31. The van der Waals surface area contributed by atoms with E-state index in [1.807, 2.05) is 0 Å². The highest BCUT2D eigenvalue weighted by molar-refractivity contribution is 5.68. The minimum Gasteiger partial charge on any atom is -0.397 e. The summed E-state index contributed by atoms with van der Waals surface area (Å²) in [6.45, 7) is 6.71. The quantitative estimate of drug-likeness (QED) is 0.817. The number of anilines is 2. The van der Waals surface area contributed by atoms with Gasteiger partial charge in [-0.1, -0.05) is 25.8 Å². The molecule has 0 spiro atoms. The van der Waals surface area contributed by atoms with Gasteiger partial charge < -0.3 is 10.6 Å². The molecule has 0 amide bonds. The maximum atomic E-state index is 6.15. The Kier molecular flexibility index (Phi) is 4.51. The highest BCUT2D eigenvalue weighted by atomic mass is 15.1. The Balaban J connectivity index is 2.05. The molecule has 100 valence electrons. The van der Waals surface area contributed by atoms with Gasteiger partial charge in [-0.15, -0.1) is 0 Å². The predicted molar refractivity (Wildman–Crippen MR) is 80.1 cm³/mol. The summed E-state index contributed by atoms with van der Waals surface area (Å²) >= 11 is 0. The van der Waals surface area contributed by atoms with Gasteiger partial charge in [0.1, 0.15) is 0 Å². The Morgan fingerprint density at radius 2 is 2.11 bits per heavy atom. The van der Waals surface area contributed by atoms with Crippen LogP contribution in [0.5, 0.6) is 0 Å². The molecule has 1 aliphatic heterocycles. The number of rotatable bonds is 3. The molecule has 1 heterocycles. The monoisotopic (exact) mass is 246 g/mol. The van der Waals surface area contributed by atoms with Gasteiger partial charge in [0.15, 0.2) is 0 Å². The molecule has 1 aromatic carbocycles. The molecule has 1 aromatic rings. The molecular weight excluding hydrogens is 220 g/mol. The molecule has 0 aliphatic carbocycles. The number of nitrogen functional groups attached to an aromatic ring is 1. The molecule has 1 aliphatic rings. The van der Waals surface area contributed by atoms with Crippen LogP contribution >= 0.6 is 0 Å². The van der Waals surface area contributed by atoms with E-state index >= 15 is 0 Å². The summed E-state index contributed by atoms with van der Waals surface area (Å²) in [5.74, 6) is 0.923. The van der Waals surface area contributed by atoms with Crippen molar-refractivity contribution in [2.24, 2.45) is 5.92 Å². The third-order valence-electron chi connectivity index (χ3n) is 4.07. The molecule has 1 saturated heterocycles. The van der Waals surface area contributed by atoms with Gasteiger partial charge in [-0.3, -0.25) is 0 Å². The SMILES string of the molecule is CCCC1CCCN(c2ccc(C)cc2N)CC1. The number of aryl methyl sites for hydroxylation is 1. The highest BCUT2D eigenvalue weighted by Crippen LogP contribution is 2.29. The molecule has 0 bridgehead atoms. The second-order valence-corrected chi connectivity index (χ2v) is 5.63. The van der Waals surface area contributed by atoms with Crippen molar-refractivity contribution in [3.63, 3.8) is 0 Å². The third kappa shape index (κ3) is 3.18. The summed E-state index contributed by atoms with van der Waals surface area (Å²) in [7, 11) is 0. The maximum Gasteiger partial charge on any atom is 0.0600 e. The van der Waals surface area contributed by atoms with E-state index in [0.29, 0.717) is 0 Å². The summed E-state index contributed by atoms with van der Waals surface area (Å²) in [5.41, 5.74) is 9.57. The lowest BCUT2D eigenvalue weighted by Gasteiger charge is -2.24. The van der Waals surface area contributed by atoms with E-state index in [1.165, 1.54) is 43.4 Å². The molecule has 2 nitrogen and oxygen atoms in total. The standard InChI is InChI=1S/C16H26N2/c1-3-5-14-6-4-10-18(11-9-14)16-8-7-13(2)12-15(16)17/h7-8,12,14H,3-6,9-11,17H2,1-2H3. The molecule has 2 rings (SSSR count). The van der Waals surface area contributed by atoms with Crippen molar-refractivity contribution in [1.82, 2.24) is 0 Å². The van der Waals surface area contributed by atoms with Gasteiger partial charge in [-0.25, -0.2) is 0 Å². The number of hydrogen-bond acceptors (Lipinski definition) is 2. The van der Waals surface area contributed by atoms with Crippen LogP contribution in [0.2, 0.25) is 0 Å². The zero-order valence-electron chi connectivity index (χ0n) is 11.8. The smallest absolute Gasteiger partial charge is 0.0600 e. The van der Waals surface area contributed by atoms with Crippen LogP contribution in [-0.2, 0) is 0 Å². The minimum atomic E-state index is 0.923. The van der Waals surface area contributed by atoms with Gasteiger partial charge in [-0.2, -0.15) is 0 Å². The Hall–Kier alpha value is -1.18. The molecule has 0 radical (unpaired) electrons. The average Bonchev–Trinajstić information content (AvgIpc) is 2.55. The van der Waals surface area contributed by atoms with Crippen LogP contribution in [0, 0.1) is 12.8 Å². The number of nitrogens with two attached hydrogens (primary N) is 1. The first-order valence-corrected chi connectivity index (χ1v) is 7.31. The van der Waals surface area contributed by atoms with Crippen molar-refractivity contribution in [3.05, 3.63) is 23.8 Å². The fourth-order valence-electron chi connectivity index (χ4n) is 3.07. The van der Waals surface area contributed by atoms with E-state index in [4.69, 9.17) is 5.73 Å². The third-order valence-corrected chi connectivity index (χ3v) is 4.07. The maximum absolute atomic E-state index is 6.15. The molecule has 0 aromatic heterocycles. The first-order chi connectivity index (χ1) is 8.70. The largest absolute Gasteiger partial charge is 0.397 e. The second kappa shape index (κ2) is 6.12. The fourth-order valence-corrected chi connectivity index (χ4v) is 3.07. The molecule has 1 unspecified atom stereocenters. The summed E-state index contributed by atoms with van der Waals surface area (Å²) in [6.07, 6.45) is 6.71. The van der Waals surface area contributed by atoms with Crippen LogP contribution < -0.4 is 10.6 Å². The Bertz CT molecular complexity index is 387. The minimum absolute atomic E-state index is 0.923. The van der Waals surface area contributed by atoms with Crippen molar-refractivity contribution < 1.29 is 0 Å². The van der Waals surface area contributed by atoms with Crippen LogP contribution in [0.4, 0.5) is 11.4 Å². The zero-order valence-corrected chi connectivity index (χ0v) is 11.8. The number of benzene rings is 1. The van der Waals surface area contributed by atoms with Gasteiger partial charge in [-0.05, 0) is 49.8 Å². The van der Waals surface area contributed by atoms with Crippen LogP contribution in [-0.4, -0.2) is 13.1 Å². The van der Waals surface area contributed by atoms with Gasteiger partial charge in [0.25, 0.3) is 0 Å². The molecule has 18 heavy (non-hydrogen) atoms. The Labute approximate surface area is 111 Å². The van der Waals surface area contributed by atoms with Crippen molar-refractivity contribution in [1.29, 1.82) is 0 Å². The van der Waals surface area contributed by atoms with E-state index in [9.17, 15) is 0 Å². The van der Waals surface area contributed by atoms with Gasteiger partial charge >= 0.3 is 0 Å². The summed E-state index contributed by atoms with van der Waals surface area (Å²) < 4.78 is 0. The summed E-state index contributed by atoms with van der Waals surface area (Å²) in [4.78, 5) is 2.48. The van der Waals surface area contributed by atoms with Crippen molar-refractivity contribution in [3.8, 4) is 0 Å². The van der Waals surface area contributed by atoms with Gasteiger partial charge in [0.05, 0.1) is 11.4 Å². The second-order valence-electron chi connectivity index (χ2n) is 5.63. The van der Waals surface area contributed by atoms with Gasteiger partial charge in [0, 0.05) is 13.1 Å². The van der Waals surface area contributed by atoms with E-state index in [1.54, 1.807) is 0 Å². The van der Waals surface area contributed by atoms with E-state index in [0.717, 1.165) is 24.7 Å². The molecular formula is C16H26N2. The zero-order chi connectivity index (χ0) is 13.0. The Morgan fingerprint density at radius 3 is 2.83 bits per heavy atom. The predicted octanol–water partition coefficient (Wildman–Crippen LogP) is 3.98. The summed E-state index contributed by atoms with van der Waals surface area (Å²) in [6, 6.07) is 6.44. The van der Waals surface area contributed by atoms with E-state index < -0.39 is 0 Å². The lowest BCUT2D eigenvalue weighted by Crippen LogP contribution is -2.25. The topological polar surface area (TPSA) is 29.3 Å². The normalized spacial score (nSPS) is 20.8. The molecule has 0 saturated carbocycles. The highest BCUT2D eigenvalue weighted by Gasteiger charge is 2.17. The van der Waals surface area contributed by atoms with Crippen LogP contribution in [0.3, 0.4) is 0 Å². The first kappa shape index (κ1) is 13.3. The number of hydrogen-bond donors (Lipinski definition) is 1. The lowest BCUT2D eigenvalue weighted by molar-refractivity contribution is 0.435.